The highest BCUT2D eigenvalue weighted by Gasteiger charge is 2.29. The van der Waals surface area contributed by atoms with Crippen molar-refractivity contribution in [3.8, 4) is 0 Å². The molecule has 1 aromatic carbocycles. The molecule has 0 bridgehead atoms. The summed E-state index contributed by atoms with van der Waals surface area (Å²) < 4.78 is 27.5. The second kappa shape index (κ2) is 8.28. The summed E-state index contributed by atoms with van der Waals surface area (Å²) in [4.78, 5) is 13.8. The molecule has 0 unspecified atom stereocenters. The number of nitrogens with zero attached hydrogens (tertiary/aromatic N) is 1. The number of nitrogens with one attached hydrogen (secondary N) is 2. The second-order valence-corrected chi connectivity index (χ2v) is 9.66. The molecular weight excluding hydrogens is 406 g/mol. The molecule has 27 heavy (non-hydrogen) atoms. The van der Waals surface area contributed by atoms with E-state index < -0.39 is 10.0 Å². The lowest BCUT2D eigenvalue weighted by atomic mass is 10.0. The van der Waals surface area contributed by atoms with Crippen LogP contribution >= 0.6 is 23.7 Å². The van der Waals surface area contributed by atoms with Gasteiger partial charge in [0.25, 0.3) is 5.91 Å². The summed E-state index contributed by atoms with van der Waals surface area (Å²) in [6, 6.07) is 8.31. The number of rotatable bonds is 5. The molecule has 6 nitrogen and oxygen atoms in total. The van der Waals surface area contributed by atoms with Gasteiger partial charge in [0.1, 0.15) is 0 Å². The Morgan fingerprint density at radius 2 is 2.11 bits per heavy atom. The molecule has 1 saturated heterocycles. The minimum Gasteiger partial charge on any atom is -0.352 e. The van der Waals surface area contributed by atoms with Gasteiger partial charge >= 0.3 is 0 Å². The third-order valence-corrected chi connectivity index (χ3v) is 7.79. The molecule has 2 N–H and O–H groups in total. The van der Waals surface area contributed by atoms with Gasteiger partial charge in [0.15, 0.2) is 0 Å². The molecule has 0 aliphatic carbocycles. The summed E-state index contributed by atoms with van der Waals surface area (Å²) >= 11 is 1.68. The Labute approximate surface area is 169 Å². The summed E-state index contributed by atoms with van der Waals surface area (Å²) in [5.41, 5.74) is 1.46. The minimum atomic E-state index is -3.62. The van der Waals surface area contributed by atoms with Crippen molar-refractivity contribution in [1.82, 2.24) is 14.9 Å². The van der Waals surface area contributed by atoms with Gasteiger partial charge in [-0.05, 0) is 41.6 Å². The maximum atomic E-state index is 13.0. The van der Waals surface area contributed by atoms with Gasteiger partial charge in [-0.15, -0.1) is 23.7 Å². The largest absolute Gasteiger partial charge is 0.352 e. The van der Waals surface area contributed by atoms with Crippen LogP contribution in [0.5, 0.6) is 0 Å². The van der Waals surface area contributed by atoms with Crippen molar-refractivity contribution in [3.63, 3.8) is 0 Å². The van der Waals surface area contributed by atoms with Crippen LogP contribution < -0.4 is 10.6 Å². The van der Waals surface area contributed by atoms with Crippen LogP contribution in [0.3, 0.4) is 0 Å². The van der Waals surface area contributed by atoms with E-state index in [1.807, 2.05) is 11.4 Å². The van der Waals surface area contributed by atoms with E-state index in [-0.39, 0.29) is 23.2 Å². The van der Waals surface area contributed by atoms with E-state index in [0.29, 0.717) is 31.1 Å². The van der Waals surface area contributed by atoms with Crippen LogP contribution in [0.1, 0.15) is 20.8 Å². The number of sulfonamides is 1. The average Bonchev–Trinajstić information content (AvgIpc) is 3.08. The minimum absolute atomic E-state index is 0. The van der Waals surface area contributed by atoms with E-state index in [4.69, 9.17) is 0 Å². The fourth-order valence-electron chi connectivity index (χ4n) is 3.21. The Morgan fingerprint density at radius 1 is 1.30 bits per heavy atom. The monoisotopic (exact) mass is 427 g/mol. The van der Waals surface area contributed by atoms with Crippen LogP contribution in [-0.4, -0.2) is 44.8 Å². The van der Waals surface area contributed by atoms with Crippen molar-refractivity contribution in [2.24, 2.45) is 5.92 Å². The van der Waals surface area contributed by atoms with Crippen molar-refractivity contribution in [3.05, 3.63) is 51.7 Å². The van der Waals surface area contributed by atoms with Gasteiger partial charge in [-0.2, -0.15) is 4.31 Å². The van der Waals surface area contributed by atoms with Crippen molar-refractivity contribution in [2.75, 3.05) is 26.2 Å². The molecule has 0 spiro atoms. The molecule has 0 saturated carbocycles. The topological polar surface area (TPSA) is 78.5 Å². The zero-order valence-corrected chi connectivity index (χ0v) is 17.1. The highest BCUT2D eigenvalue weighted by molar-refractivity contribution is 7.89. The van der Waals surface area contributed by atoms with E-state index in [1.165, 1.54) is 15.2 Å². The Hall–Kier alpha value is -1.45. The summed E-state index contributed by atoms with van der Waals surface area (Å²) in [6.07, 6.45) is 0.738. The average molecular weight is 428 g/mol. The van der Waals surface area contributed by atoms with E-state index in [1.54, 1.807) is 29.5 Å². The number of hydrogen-bond acceptors (Lipinski definition) is 5. The maximum absolute atomic E-state index is 13.0. The number of carbonyl (C=O) groups excluding carboxylic acids is 1. The lowest BCUT2D eigenvalue weighted by molar-refractivity contribution is 0.0942. The van der Waals surface area contributed by atoms with E-state index >= 15 is 0 Å². The van der Waals surface area contributed by atoms with Crippen LogP contribution in [0.4, 0.5) is 0 Å². The molecule has 2 aliphatic rings. The molecule has 9 heteroatoms. The Kier molecular flexibility index (Phi) is 6.22. The smallest absolute Gasteiger partial charge is 0.251 e. The van der Waals surface area contributed by atoms with E-state index in [2.05, 4.69) is 10.6 Å². The Morgan fingerprint density at radius 3 is 2.85 bits per heavy atom. The fourth-order valence-corrected chi connectivity index (χ4v) is 5.56. The third kappa shape index (κ3) is 4.20. The molecule has 1 aromatic heterocycles. The SMILES string of the molecule is Cl.O=C(NCC1CNC1)c1cccc(S(=O)(=O)N2CCc3sccc3C2)c1. The third-order valence-electron chi connectivity index (χ3n) is 4.92. The molecule has 4 rings (SSSR count). The number of fused-ring (bicyclic) bond motifs is 1. The first kappa shape index (κ1) is 20.3. The predicted octanol–water partition coefficient (Wildman–Crippen LogP) is 1.87. The highest BCUT2D eigenvalue weighted by atomic mass is 35.5. The molecular formula is C18H22ClN3O3S2. The van der Waals surface area contributed by atoms with Gasteiger partial charge in [0, 0.05) is 49.1 Å². The van der Waals surface area contributed by atoms with Crippen molar-refractivity contribution >= 4 is 39.7 Å². The van der Waals surface area contributed by atoms with E-state index in [9.17, 15) is 13.2 Å². The molecule has 3 heterocycles. The first-order valence-electron chi connectivity index (χ1n) is 8.68. The maximum Gasteiger partial charge on any atom is 0.251 e. The van der Waals surface area contributed by atoms with Crippen LogP contribution in [0, 0.1) is 5.92 Å². The highest BCUT2D eigenvalue weighted by Crippen LogP contribution is 2.28. The zero-order valence-electron chi connectivity index (χ0n) is 14.7. The summed E-state index contributed by atoms with van der Waals surface area (Å²) in [5, 5.41) is 8.05. The summed E-state index contributed by atoms with van der Waals surface area (Å²) in [5.74, 6) is 0.228. The van der Waals surface area contributed by atoms with Crippen LogP contribution in [-0.2, 0) is 23.0 Å². The summed E-state index contributed by atoms with van der Waals surface area (Å²) in [7, 11) is -3.62. The number of carbonyl (C=O) groups is 1. The van der Waals surface area contributed by atoms with Crippen LogP contribution in [0.15, 0.2) is 40.6 Å². The van der Waals surface area contributed by atoms with Gasteiger partial charge in [-0.25, -0.2) is 8.42 Å². The van der Waals surface area contributed by atoms with Gasteiger partial charge in [-0.3, -0.25) is 4.79 Å². The molecule has 1 amide bonds. The van der Waals surface area contributed by atoms with Crippen molar-refractivity contribution in [2.45, 2.75) is 17.9 Å². The molecule has 146 valence electrons. The van der Waals surface area contributed by atoms with Gasteiger partial charge < -0.3 is 10.6 Å². The number of hydrogen-bond donors (Lipinski definition) is 2. The molecule has 2 aliphatic heterocycles. The number of benzene rings is 1. The van der Waals surface area contributed by atoms with Gasteiger partial charge in [0.2, 0.25) is 10.0 Å². The van der Waals surface area contributed by atoms with Gasteiger partial charge in [0.05, 0.1) is 4.90 Å². The number of thiophene rings is 1. The zero-order chi connectivity index (χ0) is 18.1. The van der Waals surface area contributed by atoms with Crippen molar-refractivity contribution in [1.29, 1.82) is 0 Å². The number of amides is 1. The summed E-state index contributed by atoms with van der Waals surface area (Å²) in [6.45, 7) is 3.30. The predicted molar refractivity (Wildman–Crippen MR) is 108 cm³/mol. The molecule has 2 aromatic rings. The Bertz CT molecular complexity index is 925. The van der Waals surface area contributed by atoms with Crippen LogP contribution in [0.2, 0.25) is 0 Å². The van der Waals surface area contributed by atoms with Crippen molar-refractivity contribution < 1.29 is 13.2 Å². The fraction of sp³-hybridized carbons (Fsp3) is 0.389. The quantitative estimate of drug-likeness (QED) is 0.763. The lowest BCUT2D eigenvalue weighted by Crippen LogP contribution is -2.48. The lowest BCUT2D eigenvalue weighted by Gasteiger charge is -2.27. The van der Waals surface area contributed by atoms with Gasteiger partial charge in [-0.1, -0.05) is 6.07 Å². The number of halogens is 1. The molecule has 1 fully saturated rings. The normalized spacial score (nSPS) is 17.5. The molecule has 0 atom stereocenters. The second-order valence-electron chi connectivity index (χ2n) is 6.72. The van der Waals surface area contributed by atoms with E-state index in [0.717, 1.165) is 25.1 Å². The first-order valence-corrected chi connectivity index (χ1v) is 11.0. The molecule has 0 radical (unpaired) electrons. The first-order chi connectivity index (χ1) is 12.5. The standard InChI is InChI=1S/C18H21N3O3S2.ClH/c22-18(20-11-13-9-19-10-13)14-2-1-3-16(8-14)26(23,24)21-6-4-17-15(12-21)5-7-25-17;/h1-3,5,7-8,13,19H,4,6,9-12H2,(H,20,22);1H. The van der Waals surface area contributed by atoms with Crippen LogP contribution in [0.25, 0.3) is 0 Å². The Balaban J connectivity index is 0.00000210.